The Bertz CT molecular complexity index is 571. The smallest absolute Gasteiger partial charge is 0.333 e. The predicted molar refractivity (Wildman–Crippen MR) is 71.8 cm³/mol. The summed E-state index contributed by atoms with van der Waals surface area (Å²) < 4.78 is 10.1. The highest BCUT2D eigenvalue weighted by Crippen LogP contribution is 2.19. The Morgan fingerprint density at radius 3 is 2.84 bits per heavy atom. The lowest BCUT2D eigenvalue weighted by atomic mass is 10.2. The fraction of sp³-hybridized carbons (Fsp3) is 0.188. The molecule has 0 atom stereocenters. The van der Waals surface area contributed by atoms with Crippen LogP contribution in [0.5, 0.6) is 0 Å². The summed E-state index contributed by atoms with van der Waals surface area (Å²) in [5, 5.41) is 0. The lowest BCUT2D eigenvalue weighted by Crippen LogP contribution is -2.03. The van der Waals surface area contributed by atoms with Gasteiger partial charge in [-0.2, -0.15) is 0 Å². The van der Waals surface area contributed by atoms with Crippen molar-refractivity contribution >= 4 is 5.97 Å². The number of allylic oxidation sites excluding steroid dienone is 3. The fourth-order valence-corrected chi connectivity index (χ4v) is 1.60. The zero-order valence-electron chi connectivity index (χ0n) is 10.7. The first-order valence-corrected chi connectivity index (χ1v) is 6.01. The summed E-state index contributed by atoms with van der Waals surface area (Å²) in [5.74, 6) is 6.72. The average Bonchev–Trinajstić information content (AvgIpc) is 2.46. The Morgan fingerprint density at radius 2 is 2.11 bits per heavy atom. The number of rotatable bonds is 1. The summed E-state index contributed by atoms with van der Waals surface area (Å²) in [6.45, 7) is 0. The summed E-state index contributed by atoms with van der Waals surface area (Å²) in [6, 6.07) is 9.67. The van der Waals surface area contributed by atoms with Crippen LogP contribution in [0.1, 0.15) is 18.4 Å². The van der Waals surface area contributed by atoms with Crippen LogP contribution in [0.2, 0.25) is 0 Å². The standard InChI is InChI=1S/C16H14O3/c1-18-16(17)12-15-9-5-8-14(19-15)11-10-13-6-3-2-4-7-13/h2-4,6-8,12H,5,9H2,1H3/b15-12+. The minimum absolute atomic E-state index is 0.410. The molecular weight excluding hydrogens is 240 g/mol. The van der Waals surface area contributed by atoms with Gasteiger partial charge in [0.05, 0.1) is 13.2 Å². The molecule has 0 amide bonds. The van der Waals surface area contributed by atoms with Gasteiger partial charge in [-0.05, 0) is 30.6 Å². The summed E-state index contributed by atoms with van der Waals surface area (Å²) >= 11 is 0. The summed E-state index contributed by atoms with van der Waals surface area (Å²) in [7, 11) is 1.34. The molecule has 0 aromatic heterocycles. The minimum atomic E-state index is -0.410. The average molecular weight is 254 g/mol. The van der Waals surface area contributed by atoms with Crippen molar-refractivity contribution in [2.75, 3.05) is 7.11 Å². The number of benzene rings is 1. The molecule has 19 heavy (non-hydrogen) atoms. The third-order valence-electron chi connectivity index (χ3n) is 2.55. The molecule has 0 saturated heterocycles. The molecule has 2 rings (SSSR count). The van der Waals surface area contributed by atoms with E-state index in [0.29, 0.717) is 17.9 Å². The van der Waals surface area contributed by atoms with Gasteiger partial charge in [-0.3, -0.25) is 0 Å². The van der Waals surface area contributed by atoms with Gasteiger partial charge >= 0.3 is 5.97 Å². The number of carbonyl (C=O) groups is 1. The van der Waals surface area contributed by atoms with Crippen molar-refractivity contribution < 1.29 is 14.3 Å². The first-order valence-electron chi connectivity index (χ1n) is 6.01. The molecular formula is C16H14O3. The predicted octanol–water partition coefficient (Wildman–Crippen LogP) is 2.79. The van der Waals surface area contributed by atoms with E-state index in [9.17, 15) is 4.79 Å². The van der Waals surface area contributed by atoms with E-state index in [0.717, 1.165) is 12.0 Å². The molecule has 0 spiro atoms. The highest BCUT2D eigenvalue weighted by Gasteiger charge is 2.10. The van der Waals surface area contributed by atoms with Crippen LogP contribution in [-0.2, 0) is 14.3 Å². The molecule has 3 heteroatoms. The maximum atomic E-state index is 11.1. The molecule has 0 unspecified atom stereocenters. The van der Waals surface area contributed by atoms with Gasteiger partial charge in [0.15, 0.2) is 5.76 Å². The normalized spacial score (nSPS) is 15.8. The van der Waals surface area contributed by atoms with Crippen molar-refractivity contribution in [1.82, 2.24) is 0 Å². The zero-order chi connectivity index (χ0) is 13.5. The summed E-state index contributed by atoms with van der Waals surface area (Å²) in [5.41, 5.74) is 0.927. The van der Waals surface area contributed by atoms with Gasteiger partial charge in [-0.25, -0.2) is 4.79 Å². The Morgan fingerprint density at radius 1 is 1.32 bits per heavy atom. The number of hydrogen-bond donors (Lipinski definition) is 0. The molecule has 0 bridgehead atoms. The van der Waals surface area contributed by atoms with E-state index >= 15 is 0 Å². The lowest BCUT2D eigenvalue weighted by Gasteiger charge is -2.13. The Hall–Kier alpha value is -2.47. The molecule has 0 N–H and O–H groups in total. The maximum absolute atomic E-state index is 11.1. The molecule has 1 aliphatic heterocycles. The van der Waals surface area contributed by atoms with Gasteiger partial charge in [-0.15, -0.1) is 0 Å². The van der Waals surface area contributed by atoms with Crippen LogP contribution in [0, 0.1) is 11.8 Å². The van der Waals surface area contributed by atoms with Crippen LogP contribution < -0.4 is 0 Å². The molecule has 0 aliphatic carbocycles. The van der Waals surface area contributed by atoms with Crippen LogP contribution in [0.4, 0.5) is 0 Å². The van der Waals surface area contributed by atoms with Gasteiger partial charge in [0.1, 0.15) is 5.76 Å². The van der Waals surface area contributed by atoms with Gasteiger partial charge in [-0.1, -0.05) is 24.1 Å². The second-order valence-electron chi connectivity index (χ2n) is 3.96. The Labute approximate surface area is 112 Å². The number of carbonyl (C=O) groups excluding carboxylic acids is 1. The second kappa shape index (κ2) is 6.46. The van der Waals surface area contributed by atoms with Crippen LogP contribution in [0.3, 0.4) is 0 Å². The van der Waals surface area contributed by atoms with E-state index in [1.807, 2.05) is 36.4 Å². The topological polar surface area (TPSA) is 35.5 Å². The van der Waals surface area contributed by atoms with Crippen molar-refractivity contribution in [2.45, 2.75) is 12.8 Å². The molecule has 0 fully saturated rings. The van der Waals surface area contributed by atoms with Crippen LogP contribution in [-0.4, -0.2) is 13.1 Å². The molecule has 0 radical (unpaired) electrons. The van der Waals surface area contributed by atoms with Crippen molar-refractivity contribution in [3.8, 4) is 11.8 Å². The number of methoxy groups -OCH3 is 1. The van der Waals surface area contributed by atoms with Crippen LogP contribution >= 0.6 is 0 Å². The first-order chi connectivity index (χ1) is 9.28. The van der Waals surface area contributed by atoms with E-state index in [1.54, 1.807) is 0 Å². The summed E-state index contributed by atoms with van der Waals surface area (Å²) in [6.07, 6.45) is 4.77. The largest absolute Gasteiger partial charge is 0.466 e. The molecule has 1 heterocycles. The quantitative estimate of drug-likeness (QED) is 0.439. The van der Waals surface area contributed by atoms with E-state index in [-0.39, 0.29) is 0 Å². The summed E-state index contributed by atoms with van der Waals surface area (Å²) in [4.78, 5) is 11.1. The van der Waals surface area contributed by atoms with Crippen LogP contribution in [0.25, 0.3) is 0 Å². The molecule has 1 aromatic rings. The maximum Gasteiger partial charge on any atom is 0.333 e. The number of hydrogen-bond acceptors (Lipinski definition) is 3. The third-order valence-corrected chi connectivity index (χ3v) is 2.55. The van der Waals surface area contributed by atoms with Crippen LogP contribution in [0.15, 0.2) is 54.0 Å². The highest BCUT2D eigenvalue weighted by molar-refractivity contribution is 5.82. The number of esters is 1. The van der Waals surface area contributed by atoms with E-state index in [1.165, 1.54) is 13.2 Å². The number of ether oxygens (including phenoxy) is 2. The minimum Gasteiger partial charge on any atom is -0.466 e. The van der Waals surface area contributed by atoms with Gasteiger partial charge in [0.2, 0.25) is 0 Å². The molecule has 1 aliphatic rings. The molecule has 3 nitrogen and oxygen atoms in total. The molecule has 96 valence electrons. The SMILES string of the molecule is COC(=O)/C=C1\CCC=C(C#Cc2ccccc2)O1. The van der Waals surface area contributed by atoms with E-state index in [2.05, 4.69) is 16.6 Å². The third kappa shape index (κ3) is 4.04. The van der Waals surface area contributed by atoms with Crippen molar-refractivity contribution in [2.24, 2.45) is 0 Å². The Kier molecular flexibility index (Phi) is 4.41. The zero-order valence-corrected chi connectivity index (χ0v) is 10.7. The highest BCUT2D eigenvalue weighted by atomic mass is 16.5. The van der Waals surface area contributed by atoms with Crippen molar-refractivity contribution in [3.63, 3.8) is 0 Å². The molecule has 0 saturated carbocycles. The van der Waals surface area contributed by atoms with E-state index in [4.69, 9.17) is 4.74 Å². The second-order valence-corrected chi connectivity index (χ2v) is 3.96. The Balaban J connectivity index is 2.07. The monoisotopic (exact) mass is 254 g/mol. The van der Waals surface area contributed by atoms with Gasteiger partial charge in [0, 0.05) is 12.0 Å². The van der Waals surface area contributed by atoms with Gasteiger partial charge in [0.25, 0.3) is 0 Å². The van der Waals surface area contributed by atoms with Crippen molar-refractivity contribution in [1.29, 1.82) is 0 Å². The fourth-order valence-electron chi connectivity index (χ4n) is 1.60. The van der Waals surface area contributed by atoms with Gasteiger partial charge < -0.3 is 9.47 Å². The first kappa shape index (κ1) is 13.0. The lowest BCUT2D eigenvalue weighted by molar-refractivity contribution is -0.135. The van der Waals surface area contributed by atoms with E-state index < -0.39 is 5.97 Å². The van der Waals surface area contributed by atoms with Crippen molar-refractivity contribution in [3.05, 3.63) is 59.6 Å². The molecule has 1 aromatic carbocycles.